The fraction of sp³-hybridized carbons (Fsp3) is 0.333. The summed E-state index contributed by atoms with van der Waals surface area (Å²) in [5, 5.41) is 0. The molecule has 1 nitrogen and oxygen atoms in total. The first-order valence-corrected chi connectivity index (χ1v) is 18.0. The average Bonchev–Trinajstić information content (AvgIpc) is 3.48. The van der Waals surface area contributed by atoms with Crippen LogP contribution in [0, 0.1) is 0 Å². The Bertz CT molecular complexity index is 1440. The molecule has 1 aliphatic carbocycles. The molecule has 0 spiro atoms. The van der Waals surface area contributed by atoms with Crippen LogP contribution in [0.2, 0.25) is 0 Å². The minimum Gasteiger partial charge on any atom is -0.372 e. The van der Waals surface area contributed by atoms with E-state index in [0.29, 0.717) is 0 Å². The molecule has 246 valence electrons. The van der Waals surface area contributed by atoms with E-state index in [2.05, 4.69) is 146 Å². The number of nitrogens with zero attached hydrogens (tertiary/aromatic N) is 1. The van der Waals surface area contributed by atoms with Crippen molar-refractivity contribution in [3.05, 3.63) is 150 Å². The van der Waals surface area contributed by atoms with E-state index in [9.17, 15) is 0 Å². The van der Waals surface area contributed by atoms with Crippen molar-refractivity contribution in [2.24, 2.45) is 0 Å². The molecule has 0 aliphatic heterocycles. The van der Waals surface area contributed by atoms with Gasteiger partial charge in [0.2, 0.25) is 0 Å². The summed E-state index contributed by atoms with van der Waals surface area (Å²) in [6, 6.07) is 47.0. The summed E-state index contributed by atoms with van der Waals surface area (Å²) in [7, 11) is 0. The molecule has 0 unspecified atom stereocenters. The van der Waals surface area contributed by atoms with E-state index in [1.807, 2.05) is 69.2 Å². The minimum absolute atomic E-state index is 0.334. The van der Waals surface area contributed by atoms with Gasteiger partial charge in [-0.05, 0) is 76.6 Å². The van der Waals surface area contributed by atoms with Crippen molar-refractivity contribution < 1.29 is 0 Å². The predicted molar refractivity (Wildman–Crippen MR) is 209 cm³/mol. The first kappa shape index (κ1) is 39.9. The van der Waals surface area contributed by atoms with Crippen LogP contribution in [0.4, 0.5) is 5.69 Å². The second kappa shape index (κ2) is 21.6. The highest BCUT2D eigenvalue weighted by atomic mass is 15.1. The van der Waals surface area contributed by atoms with Crippen LogP contribution in [0.1, 0.15) is 105 Å². The van der Waals surface area contributed by atoms with Gasteiger partial charge in [0.25, 0.3) is 0 Å². The van der Waals surface area contributed by atoms with Crippen LogP contribution in [0.5, 0.6) is 0 Å². The number of hydrogen-bond acceptors (Lipinski definition) is 1. The van der Waals surface area contributed by atoms with E-state index < -0.39 is 0 Å². The molecule has 6 rings (SSSR count). The molecule has 0 aromatic heterocycles. The average molecular weight is 616 g/mol. The maximum Gasteiger partial charge on any atom is 0.0713 e. The zero-order valence-corrected chi connectivity index (χ0v) is 31.0. The Morgan fingerprint density at radius 3 is 1.30 bits per heavy atom. The molecule has 0 bridgehead atoms. The van der Waals surface area contributed by atoms with Gasteiger partial charge in [-0.3, -0.25) is 0 Å². The van der Waals surface area contributed by atoms with Crippen molar-refractivity contribution in [1.82, 2.24) is 0 Å². The summed E-state index contributed by atoms with van der Waals surface area (Å²) in [6.45, 7) is 26.5. The summed E-state index contributed by atoms with van der Waals surface area (Å²) in [4.78, 5) is 2.39. The molecule has 0 saturated carbocycles. The van der Waals surface area contributed by atoms with Gasteiger partial charge in [0, 0.05) is 18.8 Å². The smallest absolute Gasteiger partial charge is 0.0713 e. The lowest BCUT2D eigenvalue weighted by Gasteiger charge is -2.33. The predicted octanol–water partition coefficient (Wildman–Crippen LogP) is 13.7. The van der Waals surface area contributed by atoms with E-state index in [0.717, 1.165) is 13.1 Å². The van der Waals surface area contributed by atoms with Crippen LogP contribution in [0.25, 0.3) is 22.3 Å². The fourth-order valence-corrected chi connectivity index (χ4v) is 6.08. The highest BCUT2D eigenvalue weighted by Crippen LogP contribution is 2.56. The van der Waals surface area contributed by atoms with Crippen molar-refractivity contribution in [3.63, 3.8) is 0 Å². The molecule has 1 heteroatoms. The summed E-state index contributed by atoms with van der Waals surface area (Å²) in [6.07, 6.45) is 0. The van der Waals surface area contributed by atoms with Crippen molar-refractivity contribution in [1.29, 1.82) is 0 Å². The van der Waals surface area contributed by atoms with Gasteiger partial charge in [-0.15, -0.1) is 0 Å². The molecule has 0 fully saturated rings. The van der Waals surface area contributed by atoms with Crippen LogP contribution >= 0.6 is 0 Å². The summed E-state index contributed by atoms with van der Waals surface area (Å²) < 4.78 is 0. The van der Waals surface area contributed by atoms with Crippen molar-refractivity contribution in [2.75, 3.05) is 18.0 Å². The van der Waals surface area contributed by atoms with Crippen LogP contribution in [-0.2, 0) is 5.41 Å². The first-order valence-electron chi connectivity index (χ1n) is 18.0. The number of anilines is 1. The Labute approximate surface area is 283 Å². The van der Waals surface area contributed by atoms with E-state index in [1.165, 1.54) is 50.2 Å². The van der Waals surface area contributed by atoms with Crippen LogP contribution in [0.15, 0.2) is 127 Å². The molecule has 5 aromatic rings. The van der Waals surface area contributed by atoms with E-state index in [-0.39, 0.29) is 5.41 Å². The van der Waals surface area contributed by atoms with Gasteiger partial charge >= 0.3 is 0 Å². The number of fused-ring (bicyclic) bond motifs is 3. The molecule has 0 N–H and O–H groups in total. The molecule has 0 saturated heterocycles. The van der Waals surface area contributed by atoms with Gasteiger partial charge in [-0.25, -0.2) is 0 Å². The maximum absolute atomic E-state index is 2.40. The monoisotopic (exact) mass is 615 g/mol. The number of hydrogen-bond donors (Lipinski definition) is 0. The lowest BCUT2D eigenvalue weighted by Crippen LogP contribution is -2.28. The largest absolute Gasteiger partial charge is 0.372 e. The maximum atomic E-state index is 2.40. The fourth-order valence-electron chi connectivity index (χ4n) is 6.08. The van der Waals surface area contributed by atoms with Gasteiger partial charge < -0.3 is 4.90 Å². The standard InChI is InChI=1S/C35H31N.5C2H6/c1-3-36(4-2)30-22-19-26(20-23-30)27-21-24-34-32(25-27)31-17-11-12-18-33(31)35(34,28-13-7-5-8-14-28)29-15-9-6-10-16-29;5*1-2/h5-25H,3-4H2,1-2H3;5*1-2H3. The summed E-state index contributed by atoms with van der Waals surface area (Å²) >= 11 is 0. The molecule has 0 heterocycles. The molecule has 1 aliphatic rings. The molecule has 0 amide bonds. The minimum atomic E-state index is -0.334. The topological polar surface area (TPSA) is 3.24 Å². The zero-order chi connectivity index (χ0) is 34.5. The third kappa shape index (κ3) is 8.18. The Morgan fingerprint density at radius 1 is 0.413 bits per heavy atom. The van der Waals surface area contributed by atoms with Gasteiger partial charge in [0.1, 0.15) is 0 Å². The Balaban J connectivity index is 0.000000969. The van der Waals surface area contributed by atoms with Gasteiger partial charge in [0.05, 0.1) is 5.41 Å². The third-order valence-corrected chi connectivity index (χ3v) is 7.79. The van der Waals surface area contributed by atoms with E-state index in [1.54, 1.807) is 0 Å². The highest BCUT2D eigenvalue weighted by molar-refractivity contribution is 5.88. The van der Waals surface area contributed by atoms with E-state index in [4.69, 9.17) is 0 Å². The van der Waals surface area contributed by atoms with Gasteiger partial charge in [-0.2, -0.15) is 0 Å². The summed E-state index contributed by atoms with van der Waals surface area (Å²) in [5.41, 5.74) is 11.4. The van der Waals surface area contributed by atoms with Crippen molar-refractivity contribution in [3.8, 4) is 22.3 Å². The second-order valence-corrected chi connectivity index (χ2v) is 9.51. The van der Waals surface area contributed by atoms with Crippen molar-refractivity contribution >= 4 is 5.69 Å². The number of benzene rings is 5. The van der Waals surface area contributed by atoms with Crippen LogP contribution in [0.3, 0.4) is 0 Å². The Hall–Kier alpha value is -4.10. The molecule has 0 atom stereocenters. The number of rotatable bonds is 6. The highest BCUT2D eigenvalue weighted by Gasteiger charge is 2.45. The SMILES string of the molecule is CC.CC.CC.CC.CC.CCN(CC)c1ccc(-c2ccc3c(c2)-c2ccccc2C3(c2ccccc2)c2ccccc2)cc1. The molecule has 5 aromatic carbocycles. The first-order chi connectivity index (χ1) is 22.8. The Kier molecular flexibility index (Phi) is 18.7. The lowest BCUT2D eigenvalue weighted by molar-refractivity contribution is 0.768. The normalized spacial score (nSPS) is 11.0. The van der Waals surface area contributed by atoms with E-state index >= 15 is 0 Å². The second-order valence-electron chi connectivity index (χ2n) is 9.51. The molecule has 46 heavy (non-hydrogen) atoms. The molecule has 0 radical (unpaired) electrons. The molecular weight excluding hydrogens is 555 g/mol. The van der Waals surface area contributed by atoms with Crippen LogP contribution in [-0.4, -0.2) is 13.1 Å². The van der Waals surface area contributed by atoms with Gasteiger partial charge in [0.15, 0.2) is 0 Å². The third-order valence-electron chi connectivity index (χ3n) is 7.79. The van der Waals surface area contributed by atoms with Crippen LogP contribution < -0.4 is 4.90 Å². The molecular formula is C45H61N. The van der Waals surface area contributed by atoms with Gasteiger partial charge in [-0.1, -0.05) is 178 Å². The quantitative estimate of drug-likeness (QED) is 0.180. The summed E-state index contributed by atoms with van der Waals surface area (Å²) in [5.74, 6) is 0. The zero-order valence-electron chi connectivity index (χ0n) is 31.0. The van der Waals surface area contributed by atoms with Crippen molar-refractivity contribution in [2.45, 2.75) is 88.5 Å². The lowest BCUT2D eigenvalue weighted by atomic mass is 9.67. The Morgan fingerprint density at radius 2 is 0.826 bits per heavy atom.